The van der Waals surface area contributed by atoms with Gasteiger partial charge in [-0.2, -0.15) is 0 Å². The molecule has 0 aliphatic carbocycles. The zero-order valence-electron chi connectivity index (χ0n) is 17.4. The molecule has 0 atom stereocenters. The van der Waals surface area contributed by atoms with Crippen molar-refractivity contribution in [2.24, 2.45) is 0 Å². The molecule has 0 bridgehead atoms. The smallest absolute Gasteiger partial charge is 0.348 e. The SMILES string of the molecule is CCOC(=O)c1sc2cccc(F)c2c1COC(=O)Cn1cnc2c(C)cccc2c1=O. The monoisotopic (exact) mass is 454 g/mol. The fourth-order valence-electron chi connectivity index (χ4n) is 3.45. The van der Waals surface area contributed by atoms with Gasteiger partial charge in [0.1, 0.15) is 23.8 Å². The number of carbonyl (C=O) groups is 2. The van der Waals surface area contributed by atoms with Crippen molar-refractivity contribution in [2.45, 2.75) is 27.0 Å². The molecule has 32 heavy (non-hydrogen) atoms. The molecule has 2 heterocycles. The van der Waals surface area contributed by atoms with E-state index in [0.717, 1.165) is 21.5 Å². The standard InChI is InChI=1S/C23H19FN2O5S/c1-3-30-23(29)21-15(19-16(24)8-5-9-17(19)32-21)11-31-18(27)10-26-12-25-20-13(2)6-4-7-14(20)22(26)28/h4-9,12H,3,10-11H2,1-2H3. The normalized spacial score (nSPS) is 11.1. The molecule has 0 aliphatic rings. The lowest BCUT2D eigenvalue weighted by atomic mass is 10.1. The number of thiophene rings is 1. The van der Waals surface area contributed by atoms with Gasteiger partial charge in [-0.3, -0.25) is 14.2 Å². The van der Waals surface area contributed by atoms with E-state index in [1.54, 1.807) is 31.2 Å². The Kier molecular flexibility index (Phi) is 6.00. The summed E-state index contributed by atoms with van der Waals surface area (Å²) in [6.45, 7) is 2.98. The Hall–Kier alpha value is -3.59. The number of hydrogen-bond donors (Lipinski definition) is 0. The van der Waals surface area contributed by atoms with Gasteiger partial charge in [-0.05, 0) is 37.6 Å². The quantitative estimate of drug-likeness (QED) is 0.410. The summed E-state index contributed by atoms with van der Waals surface area (Å²) in [7, 11) is 0. The first-order valence-corrected chi connectivity index (χ1v) is 10.7. The fraction of sp³-hybridized carbons (Fsp3) is 0.217. The minimum Gasteiger partial charge on any atom is -0.462 e. The number of ether oxygens (including phenoxy) is 2. The third-order valence-electron chi connectivity index (χ3n) is 4.96. The number of nitrogens with zero attached hydrogens (tertiary/aromatic N) is 2. The van der Waals surface area contributed by atoms with Crippen LogP contribution in [0.25, 0.3) is 21.0 Å². The number of hydrogen-bond acceptors (Lipinski definition) is 7. The summed E-state index contributed by atoms with van der Waals surface area (Å²) in [4.78, 5) is 42.0. The van der Waals surface area contributed by atoms with E-state index in [2.05, 4.69) is 4.98 Å². The zero-order chi connectivity index (χ0) is 22.8. The molecular formula is C23H19FN2O5S. The molecule has 0 amide bonds. The van der Waals surface area contributed by atoms with Crippen LogP contribution in [0.4, 0.5) is 4.39 Å². The molecule has 0 saturated heterocycles. The van der Waals surface area contributed by atoms with Crippen molar-refractivity contribution in [1.82, 2.24) is 9.55 Å². The van der Waals surface area contributed by atoms with Crippen LogP contribution in [0.1, 0.15) is 27.7 Å². The van der Waals surface area contributed by atoms with Crippen molar-refractivity contribution in [3.63, 3.8) is 0 Å². The maximum Gasteiger partial charge on any atom is 0.348 e. The van der Waals surface area contributed by atoms with Crippen LogP contribution in [0, 0.1) is 12.7 Å². The number of rotatable bonds is 6. The lowest BCUT2D eigenvalue weighted by Crippen LogP contribution is -2.26. The highest BCUT2D eigenvalue weighted by molar-refractivity contribution is 7.21. The molecule has 2 aromatic carbocycles. The van der Waals surface area contributed by atoms with Crippen LogP contribution in [0.2, 0.25) is 0 Å². The first kappa shape index (κ1) is 21.6. The summed E-state index contributed by atoms with van der Waals surface area (Å²) < 4.78 is 26.6. The largest absolute Gasteiger partial charge is 0.462 e. The third-order valence-corrected chi connectivity index (χ3v) is 6.13. The van der Waals surface area contributed by atoms with Gasteiger partial charge in [0, 0.05) is 15.6 Å². The van der Waals surface area contributed by atoms with E-state index in [0.29, 0.717) is 15.6 Å². The van der Waals surface area contributed by atoms with Gasteiger partial charge in [-0.25, -0.2) is 14.2 Å². The molecule has 0 spiro atoms. The van der Waals surface area contributed by atoms with Crippen LogP contribution >= 0.6 is 11.3 Å². The topological polar surface area (TPSA) is 87.5 Å². The zero-order valence-corrected chi connectivity index (χ0v) is 18.2. The summed E-state index contributed by atoms with van der Waals surface area (Å²) in [6.07, 6.45) is 1.29. The van der Waals surface area contributed by atoms with Gasteiger partial charge < -0.3 is 9.47 Å². The van der Waals surface area contributed by atoms with Crippen LogP contribution in [-0.4, -0.2) is 28.1 Å². The molecule has 0 radical (unpaired) electrons. The first-order chi connectivity index (χ1) is 15.4. The summed E-state index contributed by atoms with van der Waals surface area (Å²) in [5.41, 5.74) is 1.30. The van der Waals surface area contributed by atoms with Gasteiger partial charge in [0.2, 0.25) is 0 Å². The number of aryl methyl sites for hydroxylation is 1. The average molecular weight is 454 g/mol. The Morgan fingerprint density at radius 2 is 1.94 bits per heavy atom. The Morgan fingerprint density at radius 1 is 1.16 bits per heavy atom. The summed E-state index contributed by atoms with van der Waals surface area (Å²) in [5.74, 6) is -1.85. The minimum absolute atomic E-state index is 0.159. The highest BCUT2D eigenvalue weighted by Gasteiger charge is 2.23. The molecule has 0 aliphatic heterocycles. The Bertz CT molecular complexity index is 1410. The van der Waals surface area contributed by atoms with Crippen molar-refractivity contribution >= 4 is 44.3 Å². The van der Waals surface area contributed by atoms with Gasteiger partial charge >= 0.3 is 11.9 Å². The molecule has 0 N–H and O–H groups in total. The second-order valence-corrected chi connectivity index (χ2v) is 8.10. The van der Waals surface area contributed by atoms with Crippen molar-refractivity contribution in [1.29, 1.82) is 0 Å². The molecule has 164 valence electrons. The number of esters is 2. The van der Waals surface area contributed by atoms with E-state index in [1.807, 2.05) is 13.0 Å². The Labute approximate surface area is 186 Å². The fourth-order valence-corrected chi connectivity index (χ4v) is 4.57. The second-order valence-electron chi connectivity index (χ2n) is 7.05. The minimum atomic E-state index is -0.716. The van der Waals surface area contributed by atoms with Gasteiger partial charge in [0.05, 0.1) is 23.8 Å². The average Bonchev–Trinajstić information content (AvgIpc) is 3.15. The van der Waals surface area contributed by atoms with E-state index >= 15 is 0 Å². The number of benzene rings is 2. The van der Waals surface area contributed by atoms with Crippen molar-refractivity contribution in [3.8, 4) is 0 Å². The Morgan fingerprint density at radius 3 is 2.72 bits per heavy atom. The molecule has 4 aromatic rings. The van der Waals surface area contributed by atoms with Gasteiger partial charge in [-0.15, -0.1) is 11.3 Å². The van der Waals surface area contributed by atoms with Crippen molar-refractivity contribution in [3.05, 3.63) is 74.9 Å². The number of fused-ring (bicyclic) bond motifs is 2. The van der Waals surface area contributed by atoms with Crippen LogP contribution in [0.3, 0.4) is 0 Å². The van der Waals surface area contributed by atoms with E-state index in [9.17, 15) is 18.8 Å². The Balaban J connectivity index is 1.59. The van der Waals surface area contributed by atoms with Gasteiger partial charge in [0.25, 0.3) is 5.56 Å². The summed E-state index contributed by atoms with van der Waals surface area (Å²) >= 11 is 1.08. The van der Waals surface area contributed by atoms with Gasteiger partial charge in [0.15, 0.2) is 0 Å². The van der Waals surface area contributed by atoms with E-state index in [1.165, 1.54) is 12.4 Å². The highest BCUT2D eigenvalue weighted by Crippen LogP contribution is 2.34. The van der Waals surface area contributed by atoms with Crippen LogP contribution in [0.15, 0.2) is 47.5 Å². The van der Waals surface area contributed by atoms with Crippen molar-refractivity contribution < 1.29 is 23.5 Å². The number of halogens is 1. The van der Waals surface area contributed by atoms with Crippen LogP contribution in [0.5, 0.6) is 0 Å². The van der Waals surface area contributed by atoms with Gasteiger partial charge in [-0.1, -0.05) is 18.2 Å². The number of para-hydroxylation sites is 1. The van der Waals surface area contributed by atoms with E-state index in [-0.39, 0.29) is 41.1 Å². The summed E-state index contributed by atoms with van der Waals surface area (Å²) in [6, 6.07) is 9.73. The molecule has 7 nitrogen and oxygen atoms in total. The van der Waals surface area contributed by atoms with Crippen molar-refractivity contribution in [2.75, 3.05) is 6.61 Å². The lowest BCUT2D eigenvalue weighted by Gasteiger charge is -2.09. The molecule has 0 unspecified atom stereocenters. The lowest BCUT2D eigenvalue weighted by molar-refractivity contribution is -0.145. The van der Waals surface area contributed by atoms with Crippen LogP contribution < -0.4 is 5.56 Å². The van der Waals surface area contributed by atoms with Crippen LogP contribution in [-0.2, 0) is 27.4 Å². The molecular weight excluding hydrogens is 435 g/mol. The third kappa shape index (κ3) is 3.99. The predicted octanol–water partition coefficient (Wildman–Crippen LogP) is 3.98. The maximum absolute atomic E-state index is 14.5. The molecule has 2 aromatic heterocycles. The molecule has 0 saturated carbocycles. The molecule has 4 rings (SSSR count). The second kappa shape index (κ2) is 8.88. The molecule has 0 fully saturated rings. The number of carbonyl (C=O) groups excluding carboxylic acids is 2. The van der Waals surface area contributed by atoms with E-state index in [4.69, 9.17) is 9.47 Å². The molecule has 9 heteroatoms. The summed E-state index contributed by atoms with van der Waals surface area (Å²) in [5, 5.41) is 0.615. The highest BCUT2D eigenvalue weighted by atomic mass is 32.1. The maximum atomic E-state index is 14.5. The number of aromatic nitrogens is 2. The predicted molar refractivity (Wildman–Crippen MR) is 118 cm³/mol. The van der Waals surface area contributed by atoms with E-state index < -0.39 is 17.8 Å². The first-order valence-electron chi connectivity index (χ1n) is 9.88.